The van der Waals surface area contributed by atoms with Gasteiger partial charge >= 0.3 is 5.97 Å². The summed E-state index contributed by atoms with van der Waals surface area (Å²) in [5, 5.41) is 0. The molecule has 0 heterocycles. The SMILES string of the molecule is CCOC(=O)CSc1cc(OC(C)C)c(F)cc1N. The summed E-state index contributed by atoms with van der Waals surface area (Å²) in [4.78, 5) is 11.9. The van der Waals surface area contributed by atoms with Crippen molar-refractivity contribution in [3.63, 3.8) is 0 Å². The van der Waals surface area contributed by atoms with Crippen LogP contribution in [0, 0.1) is 5.82 Å². The zero-order chi connectivity index (χ0) is 14.4. The Bertz CT molecular complexity index is 452. The lowest BCUT2D eigenvalue weighted by Crippen LogP contribution is -2.09. The molecule has 0 aliphatic heterocycles. The first-order valence-corrected chi connectivity index (χ1v) is 6.96. The molecule has 19 heavy (non-hydrogen) atoms. The summed E-state index contributed by atoms with van der Waals surface area (Å²) in [5.74, 6) is -0.574. The van der Waals surface area contributed by atoms with Crippen LogP contribution in [-0.2, 0) is 9.53 Å². The molecule has 1 rings (SSSR count). The molecule has 4 nitrogen and oxygen atoms in total. The Labute approximate surface area is 116 Å². The molecule has 106 valence electrons. The van der Waals surface area contributed by atoms with Crippen molar-refractivity contribution >= 4 is 23.4 Å². The van der Waals surface area contributed by atoms with Crippen molar-refractivity contribution in [2.24, 2.45) is 0 Å². The fraction of sp³-hybridized carbons (Fsp3) is 0.462. The summed E-state index contributed by atoms with van der Waals surface area (Å²) >= 11 is 1.20. The van der Waals surface area contributed by atoms with Crippen LogP contribution >= 0.6 is 11.8 Å². The maximum atomic E-state index is 13.6. The van der Waals surface area contributed by atoms with Gasteiger partial charge in [-0.1, -0.05) is 0 Å². The molecular weight excluding hydrogens is 269 g/mol. The van der Waals surface area contributed by atoms with Crippen LogP contribution in [0.2, 0.25) is 0 Å². The number of rotatable bonds is 6. The number of anilines is 1. The summed E-state index contributed by atoms with van der Waals surface area (Å²) in [6.45, 7) is 5.69. The van der Waals surface area contributed by atoms with E-state index < -0.39 is 5.82 Å². The lowest BCUT2D eigenvalue weighted by atomic mass is 10.3. The second-order valence-corrected chi connectivity index (χ2v) is 5.10. The normalized spacial score (nSPS) is 10.6. The second-order valence-electron chi connectivity index (χ2n) is 4.08. The van der Waals surface area contributed by atoms with Crippen molar-refractivity contribution in [3.05, 3.63) is 17.9 Å². The quantitative estimate of drug-likeness (QED) is 0.495. The zero-order valence-corrected chi connectivity index (χ0v) is 12.1. The highest BCUT2D eigenvalue weighted by Crippen LogP contribution is 2.32. The number of benzene rings is 1. The number of esters is 1. The van der Waals surface area contributed by atoms with Crippen LogP contribution in [0.25, 0.3) is 0 Å². The monoisotopic (exact) mass is 287 g/mol. The fourth-order valence-corrected chi connectivity index (χ4v) is 2.13. The molecule has 1 aromatic carbocycles. The van der Waals surface area contributed by atoms with E-state index in [0.29, 0.717) is 11.5 Å². The van der Waals surface area contributed by atoms with E-state index in [1.54, 1.807) is 20.8 Å². The first kappa shape index (κ1) is 15.6. The minimum Gasteiger partial charge on any atom is -0.488 e. The minimum absolute atomic E-state index is 0.130. The van der Waals surface area contributed by atoms with Crippen molar-refractivity contribution in [1.82, 2.24) is 0 Å². The van der Waals surface area contributed by atoms with E-state index in [2.05, 4.69) is 0 Å². The molecule has 0 amide bonds. The van der Waals surface area contributed by atoms with Crippen molar-refractivity contribution in [2.75, 3.05) is 18.1 Å². The molecular formula is C13H18FNO3S. The lowest BCUT2D eigenvalue weighted by Gasteiger charge is -2.13. The van der Waals surface area contributed by atoms with Crippen molar-refractivity contribution in [2.45, 2.75) is 31.8 Å². The van der Waals surface area contributed by atoms with E-state index in [-0.39, 0.29) is 29.3 Å². The van der Waals surface area contributed by atoms with Gasteiger partial charge in [-0.05, 0) is 26.8 Å². The molecule has 6 heteroatoms. The van der Waals surface area contributed by atoms with Gasteiger partial charge in [0.25, 0.3) is 0 Å². The molecule has 0 fully saturated rings. The van der Waals surface area contributed by atoms with Gasteiger partial charge in [0.2, 0.25) is 0 Å². The number of thioether (sulfide) groups is 1. The van der Waals surface area contributed by atoms with Gasteiger partial charge in [-0.2, -0.15) is 0 Å². The van der Waals surface area contributed by atoms with E-state index in [1.165, 1.54) is 23.9 Å². The average molecular weight is 287 g/mol. The Morgan fingerprint density at radius 1 is 1.47 bits per heavy atom. The van der Waals surface area contributed by atoms with Crippen LogP contribution in [0.5, 0.6) is 5.75 Å². The van der Waals surface area contributed by atoms with Gasteiger partial charge in [-0.15, -0.1) is 11.8 Å². The van der Waals surface area contributed by atoms with Gasteiger partial charge in [0.15, 0.2) is 11.6 Å². The number of halogens is 1. The Balaban J connectivity index is 2.79. The summed E-state index contributed by atoms with van der Waals surface area (Å²) in [6.07, 6.45) is -0.138. The molecule has 0 saturated carbocycles. The molecule has 0 aromatic heterocycles. The number of carbonyl (C=O) groups is 1. The fourth-order valence-electron chi connectivity index (χ4n) is 1.36. The summed E-state index contributed by atoms with van der Waals surface area (Å²) in [5.41, 5.74) is 5.99. The predicted molar refractivity (Wildman–Crippen MR) is 73.9 cm³/mol. The van der Waals surface area contributed by atoms with E-state index in [1.807, 2.05) is 0 Å². The molecule has 0 aliphatic rings. The summed E-state index contributed by atoms with van der Waals surface area (Å²) < 4.78 is 23.8. The van der Waals surface area contributed by atoms with Crippen molar-refractivity contribution < 1.29 is 18.7 Å². The van der Waals surface area contributed by atoms with E-state index in [4.69, 9.17) is 15.2 Å². The van der Waals surface area contributed by atoms with Gasteiger partial charge in [0, 0.05) is 16.6 Å². The van der Waals surface area contributed by atoms with Crippen LogP contribution in [-0.4, -0.2) is 24.4 Å². The number of hydrogen-bond acceptors (Lipinski definition) is 5. The maximum Gasteiger partial charge on any atom is 0.316 e. The number of carbonyl (C=O) groups excluding carboxylic acids is 1. The van der Waals surface area contributed by atoms with Gasteiger partial charge in [0.1, 0.15) is 0 Å². The van der Waals surface area contributed by atoms with Gasteiger partial charge in [-0.25, -0.2) is 4.39 Å². The lowest BCUT2D eigenvalue weighted by molar-refractivity contribution is -0.139. The molecule has 0 aliphatic carbocycles. The highest BCUT2D eigenvalue weighted by atomic mass is 32.2. The molecule has 0 atom stereocenters. The Kier molecular flexibility index (Phi) is 5.95. The Hall–Kier alpha value is -1.43. The molecule has 0 bridgehead atoms. The van der Waals surface area contributed by atoms with Gasteiger partial charge in [0.05, 0.1) is 18.5 Å². The van der Waals surface area contributed by atoms with Crippen LogP contribution in [0.1, 0.15) is 20.8 Å². The Morgan fingerprint density at radius 3 is 2.74 bits per heavy atom. The van der Waals surface area contributed by atoms with Crippen LogP contribution < -0.4 is 10.5 Å². The molecule has 0 unspecified atom stereocenters. The van der Waals surface area contributed by atoms with E-state index >= 15 is 0 Å². The number of hydrogen-bond donors (Lipinski definition) is 1. The molecule has 0 spiro atoms. The van der Waals surface area contributed by atoms with Crippen LogP contribution in [0.3, 0.4) is 0 Å². The van der Waals surface area contributed by atoms with E-state index in [0.717, 1.165) is 0 Å². The minimum atomic E-state index is -0.508. The largest absolute Gasteiger partial charge is 0.488 e. The molecule has 1 aromatic rings. The number of ether oxygens (including phenoxy) is 2. The number of nitrogen functional groups attached to an aromatic ring is 1. The van der Waals surface area contributed by atoms with Gasteiger partial charge < -0.3 is 15.2 Å². The van der Waals surface area contributed by atoms with E-state index in [9.17, 15) is 9.18 Å². The summed E-state index contributed by atoms with van der Waals surface area (Å²) in [6, 6.07) is 2.71. The third-order valence-electron chi connectivity index (χ3n) is 2.08. The topological polar surface area (TPSA) is 61.5 Å². The van der Waals surface area contributed by atoms with Gasteiger partial charge in [-0.3, -0.25) is 4.79 Å². The van der Waals surface area contributed by atoms with Crippen LogP contribution in [0.4, 0.5) is 10.1 Å². The highest BCUT2D eigenvalue weighted by molar-refractivity contribution is 8.00. The number of nitrogens with two attached hydrogens (primary N) is 1. The zero-order valence-electron chi connectivity index (χ0n) is 11.2. The Morgan fingerprint density at radius 2 is 2.16 bits per heavy atom. The van der Waals surface area contributed by atoms with Crippen molar-refractivity contribution in [1.29, 1.82) is 0 Å². The smallest absolute Gasteiger partial charge is 0.316 e. The predicted octanol–water partition coefficient (Wildman–Crippen LogP) is 2.85. The first-order valence-electron chi connectivity index (χ1n) is 5.98. The van der Waals surface area contributed by atoms with Crippen LogP contribution in [0.15, 0.2) is 17.0 Å². The molecule has 0 radical (unpaired) electrons. The standard InChI is InChI=1S/C13H18FNO3S/c1-4-17-13(16)7-19-12-6-11(18-8(2)3)9(14)5-10(12)15/h5-6,8H,4,7,15H2,1-3H3. The van der Waals surface area contributed by atoms with Crippen molar-refractivity contribution in [3.8, 4) is 5.75 Å². The maximum absolute atomic E-state index is 13.6. The molecule has 0 saturated heterocycles. The average Bonchev–Trinajstić information content (AvgIpc) is 2.31. The second kappa shape index (κ2) is 7.23. The highest BCUT2D eigenvalue weighted by Gasteiger charge is 2.12. The summed E-state index contributed by atoms with van der Waals surface area (Å²) in [7, 11) is 0. The first-order chi connectivity index (χ1) is 8.93. The third kappa shape index (κ3) is 4.98. The molecule has 2 N–H and O–H groups in total. The third-order valence-corrected chi connectivity index (χ3v) is 3.12.